The molecule has 0 bridgehead atoms. The van der Waals surface area contributed by atoms with E-state index in [-0.39, 0.29) is 11.7 Å². The van der Waals surface area contributed by atoms with Gasteiger partial charge in [-0.2, -0.15) is 8.42 Å². The third-order valence-corrected chi connectivity index (χ3v) is 4.58. The number of benzene rings is 2. The van der Waals surface area contributed by atoms with E-state index in [0.717, 1.165) is 22.8 Å². The van der Waals surface area contributed by atoms with Crippen molar-refractivity contribution in [2.24, 2.45) is 0 Å². The van der Waals surface area contributed by atoms with Gasteiger partial charge in [0.25, 0.3) is 10.1 Å². The number of nitrogens with one attached hydrogen (secondary N) is 1. The molecule has 0 saturated heterocycles. The highest BCUT2D eigenvalue weighted by molar-refractivity contribution is 7.85. The smallest absolute Gasteiger partial charge is 0.264 e. The fourth-order valence-corrected chi connectivity index (χ4v) is 3.14. The van der Waals surface area contributed by atoms with Crippen molar-refractivity contribution in [2.75, 3.05) is 18.9 Å². The monoisotopic (exact) mass is 365 g/mol. The molecular formula is C18H23NO5S. The van der Waals surface area contributed by atoms with Crippen molar-refractivity contribution in [1.82, 2.24) is 5.32 Å². The van der Waals surface area contributed by atoms with Crippen LogP contribution in [0.15, 0.2) is 36.4 Å². The van der Waals surface area contributed by atoms with Gasteiger partial charge >= 0.3 is 0 Å². The van der Waals surface area contributed by atoms with Gasteiger partial charge in [-0.25, -0.2) is 0 Å². The summed E-state index contributed by atoms with van der Waals surface area (Å²) >= 11 is 0. The van der Waals surface area contributed by atoms with Crippen LogP contribution in [-0.4, -0.2) is 37.8 Å². The lowest BCUT2D eigenvalue weighted by molar-refractivity contribution is -0.118. The molecule has 1 amide bonds. The molecule has 0 atom stereocenters. The molecule has 6 nitrogen and oxygen atoms in total. The van der Waals surface area contributed by atoms with Gasteiger partial charge < -0.3 is 10.1 Å². The molecule has 0 saturated carbocycles. The molecule has 0 radical (unpaired) electrons. The molecular weight excluding hydrogens is 342 g/mol. The van der Waals surface area contributed by atoms with Crippen LogP contribution in [0.5, 0.6) is 5.75 Å². The second-order valence-corrected chi connectivity index (χ2v) is 7.45. The predicted octanol–water partition coefficient (Wildman–Crippen LogP) is 2.57. The minimum atomic E-state index is -3.90. The lowest BCUT2D eigenvalue weighted by atomic mass is 10.0. The summed E-state index contributed by atoms with van der Waals surface area (Å²) in [6.07, 6.45) is 1.63. The first-order chi connectivity index (χ1) is 11.8. The summed E-state index contributed by atoms with van der Waals surface area (Å²) in [5.41, 5.74) is 1.13. The summed E-state index contributed by atoms with van der Waals surface area (Å²) in [4.78, 5) is 11.0. The van der Waals surface area contributed by atoms with Crippen molar-refractivity contribution < 1.29 is 22.5 Å². The van der Waals surface area contributed by atoms with Crippen molar-refractivity contribution in [3.8, 4) is 5.75 Å². The number of unbranched alkanes of at least 4 members (excludes halogenated alkanes) is 1. The van der Waals surface area contributed by atoms with Crippen LogP contribution < -0.4 is 10.1 Å². The molecule has 2 rings (SSSR count). The number of carbonyl (C=O) groups excluding carboxylic acids is 1. The predicted molar refractivity (Wildman–Crippen MR) is 97.5 cm³/mol. The van der Waals surface area contributed by atoms with Crippen LogP contribution in [0.2, 0.25) is 0 Å². The fourth-order valence-electron chi connectivity index (χ4n) is 2.57. The van der Waals surface area contributed by atoms with Crippen LogP contribution in [0.25, 0.3) is 10.8 Å². The van der Waals surface area contributed by atoms with Crippen molar-refractivity contribution in [1.29, 1.82) is 0 Å². The minimum Gasteiger partial charge on any atom is -0.494 e. The zero-order chi connectivity index (χ0) is 18.3. The Bertz CT molecular complexity index is 832. The van der Waals surface area contributed by atoms with Crippen LogP contribution in [-0.2, 0) is 21.3 Å². The molecule has 0 heterocycles. The van der Waals surface area contributed by atoms with Gasteiger partial charge in [0.05, 0.1) is 12.4 Å². The summed E-state index contributed by atoms with van der Waals surface area (Å²) in [5.74, 6) is 0.418. The molecule has 0 unspecified atom stereocenters. The number of hydrogen-bond donors (Lipinski definition) is 2. The largest absolute Gasteiger partial charge is 0.494 e. The quantitative estimate of drug-likeness (QED) is 0.526. The molecule has 0 aliphatic carbocycles. The first kappa shape index (κ1) is 19.2. The second kappa shape index (κ2) is 8.82. The van der Waals surface area contributed by atoms with E-state index in [1.165, 1.54) is 6.92 Å². The zero-order valence-corrected chi connectivity index (χ0v) is 15.0. The highest BCUT2D eigenvalue weighted by Gasteiger charge is 2.05. The lowest BCUT2D eigenvalue weighted by Crippen LogP contribution is -2.22. The summed E-state index contributed by atoms with van der Waals surface area (Å²) in [6, 6.07) is 11.9. The summed E-state index contributed by atoms with van der Waals surface area (Å²) < 4.78 is 35.7. The molecule has 2 aromatic rings. The number of carbonyl (C=O) groups is 1. The maximum atomic E-state index is 11.0. The van der Waals surface area contributed by atoms with Gasteiger partial charge in [0.2, 0.25) is 5.91 Å². The lowest BCUT2D eigenvalue weighted by Gasteiger charge is -2.10. The van der Waals surface area contributed by atoms with E-state index in [1.54, 1.807) is 0 Å². The van der Waals surface area contributed by atoms with Crippen LogP contribution in [0.4, 0.5) is 0 Å². The molecule has 25 heavy (non-hydrogen) atoms. The van der Waals surface area contributed by atoms with E-state index in [2.05, 4.69) is 5.32 Å². The highest BCUT2D eigenvalue weighted by Crippen LogP contribution is 2.24. The normalized spacial score (nSPS) is 11.4. The molecule has 0 fully saturated rings. The Morgan fingerprint density at radius 3 is 2.72 bits per heavy atom. The van der Waals surface area contributed by atoms with Crippen LogP contribution in [0.1, 0.15) is 25.3 Å². The molecule has 0 aromatic heterocycles. The van der Waals surface area contributed by atoms with Gasteiger partial charge in [-0.05, 0) is 47.7 Å². The summed E-state index contributed by atoms with van der Waals surface area (Å²) in [5, 5.41) is 4.96. The van der Waals surface area contributed by atoms with Crippen molar-refractivity contribution in [2.45, 2.75) is 26.2 Å². The maximum absolute atomic E-state index is 11.0. The number of ether oxygens (including phenoxy) is 1. The average molecular weight is 365 g/mol. The first-order valence-corrected chi connectivity index (χ1v) is 9.80. The fraction of sp³-hybridized carbons (Fsp3) is 0.389. The number of hydrogen-bond acceptors (Lipinski definition) is 4. The van der Waals surface area contributed by atoms with E-state index in [1.807, 2.05) is 36.4 Å². The third kappa shape index (κ3) is 6.72. The van der Waals surface area contributed by atoms with E-state index in [4.69, 9.17) is 9.29 Å². The van der Waals surface area contributed by atoms with E-state index in [9.17, 15) is 13.2 Å². The van der Waals surface area contributed by atoms with Gasteiger partial charge in [0.1, 0.15) is 5.75 Å². The van der Waals surface area contributed by atoms with Crippen LogP contribution in [0.3, 0.4) is 0 Å². The SMILES string of the molecule is CC(=O)NCCc1cccc2ccc(OCCCCS(=O)(=O)O)cc12. The number of rotatable bonds is 9. The molecule has 2 aromatic carbocycles. The first-order valence-electron chi connectivity index (χ1n) is 8.19. The Hall–Kier alpha value is -2.12. The summed E-state index contributed by atoms with van der Waals surface area (Å²) in [6.45, 7) is 2.46. The van der Waals surface area contributed by atoms with Crippen LogP contribution in [0, 0.1) is 0 Å². The van der Waals surface area contributed by atoms with Crippen LogP contribution >= 0.6 is 0 Å². The van der Waals surface area contributed by atoms with E-state index >= 15 is 0 Å². The minimum absolute atomic E-state index is 0.0471. The average Bonchev–Trinajstić information content (AvgIpc) is 2.53. The maximum Gasteiger partial charge on any atom is 0.264 e. The molecule has 7 heteroatoms. The van der Waals surface area contributed by atoms with Gasteiger partial charge in [-0.1, -0.05) is 24.3 Å². The highest BCUT2D eigenvalue weighted by atomic mass is 32.2. The molecule has 0 spiro atoms. The Morgan fingerprint density at radius 1 is 1.20 bits per heavy atom. The zero-order valence-electron chi connectivity index (χ0n) is 14.2. The van der Waals surface area contributed by atoms with E-state index in [0.29, 0.717) is 31.7 Å². The standard InChI is InChI=1S/C18H23NO5S/c1-14(20)19-10-9-16-6-4-5-15-7-8-17(13-18(15)16)24-11-2-3-12-25(21,22)23/h4-8,13H,2-3,9-12H2,1H3,(H,19,20)(H,21,22,23). The number of amides is 1. The van der Waals surface area contributed by atoms with Crippen molar-refractivity contribution in [3.63, 3.8) is 0 Å². The Kier molecular flexibility index (Phi) is 6.78. The topological polar surface area (TPSA) is 92.7 Å². The molecule has 136 valence electrons. The summed E-state index contributed by atoms with van der Waals surface area (Å²) in [7, 11) is -3.90. The Balaban J connectivity index is 1.98. The third-order valence-electron chi connectivity index (χ3n) is 3.78. The van der Waals surface area contributed by atoms with Gasteiger partial charge in [0, 0.05) is 13.5 Å². The Morgan fingerprint density at radius 2 is 2.00 bits per heavy atom. The van der Waals surface area contributed by atoms with Crippen molar-refractivity contribution in [3.05, 3.63) is 42.0 Å². The number of fused-ring (bicyclic) bond motifs is 1. The van der Waals surface area contributed by atoms with E-state index < -0.39 is 10.1 Å². The van der Waals surface area contributed by atoms with Crippen molar-refractivity contribution >= 4 is 26.8 Å². The Labute approximate surface area is 147 Å². The second-order valence-electron chi connectivity index (χ2n) is 5.87. The van der Waals surface area contributed by atoms with Gasteiger partial charge in [0.15, 0.2) is 0 Å². The molecule has 0 aliphatic rings. The molecule has 2 N–H and O–H groups in total. The van der Waals surface area contributed by atoms with Gasteiger partial charge in [-0.3, -0.25) is 9.35 Å². The molecule has 0 aliphatic heterocycles. The van der Waals surface area contributed by atoms with Gasteiger partial charge in [-0.15, -0.1) is 0 Å².